The molecule has 0 amide bonds. The molecule has 0 fully saturated rings. The maximum atomic E-state index is 5.98. The summed E-state index contributed by atoms with van der Waals surface area (Å²) < 4.78 is 10.7. The number of rotatable bonds is 4. The molecule has 0 radical (unpaired) electrons. The highest BCUT2D eigenvalue weighted by molar-refractivity contribution is 5.80. The summed E-state index contributed by atoms with van der Waals surface area (Å²) in [5, 5.41) is 4.09. The number of benzene rings is 1. The highest BCUT2D eigenvalue weighted by Crippen LogP contribution is 2.40. The van der Waals surface area contributed by atoms with Gasteiger partial charge in [0.05, 0.1) is 18.4 Å². The summed E-state index contributed by atoms with van der Waals surface area (Å²) in [5.74, 6) is 1.79. The van der Waals surface area contributed by atoms with Crippen LogP contribution < -0.4 is 10.5 Å². The molecule has 4 heteroatoms. The molecule has 2 aromatic rings. The standard InChI is InChI=1S/C16H22N2O2/c1-9(2)11-6-7-13(19-5)12(8-11)14-15(10(3)4)18-20-16(14)17/h6-10H,17H2,1-5H3. The molecule has 0 bridgehead atoms. The van der Waals surface area contributed by atoms with Crippen LogP contribution in [-0.2, 0) is 0 Å². The Labute approximate surface area is 119 Å². The van der Waals surface area contributed by atoms with Crippen molar-refractivity contribution in [3.05, 3.63) is 29.5 Å². The number of nitrogen functional groups attached to an aromatic ring is 1. The lowest BCUT2D eigenvalue weighted by Gasteiger charge is -2.13. The molecular weight excluding hydrogens is 252 g/mol. The van der Waals surface area contributed by atoms with Crippen molar-refractivity contribution in [2.45, 2.75) is 39.5 Å². The van der Waals surface area contributed by atoms with Crippen LogP contribution in [0.2, 0.25) is 0 Å². The number of methoxy groups -OCH3 is 1. The largest absolute Gasteiger partial charge is 0.496 e. The minimum Gasteiger partial charge on any atom is -0.496 e. The van der Waals surface area contributed by atoms with Crippen molar-refractivity contribution in [1.29, 1.82) is 0 Å². The van der Waals surface area contributed by atoms with Crippen molar-refractivity contribution in [1.82, 2.24) is 5.16 Å². The third-order valence-corrected chi connectivity index (χ3v) is 3.45. The van der Waals surface area contributed by atoms with Crippen LogP contribution in [0.3, 0.4) is 0 Å². The highest BCUT2D eigenvalue weighted by atomic mass is 16.5. The smallest absolute Gasteiger partial charge is 0.230 e. The lowest BCUT2D eigenvalue weighted by Crippen LogP contribution is -1.97. The molecule has 1 aromatic heterocycles. The molecule has 0 spiro atoms. The van der Waals surface area contributed by atoms with E-state index in [1.54, 1.807) is 7.11 Å². The zero-order valence-electron chi connectivity index (χ0n) is 12.7. The van der Waals surface area contributed by atoms with Gasteiger partial charge in [-0.3, -0.25) is 0 Å². The van der Waals surface area contributed by atoms with Crippen LogP contribution in [0.5, 0.6) is 5.75 Å². The Balaban J connectivity index is 2.67. The number of nitrogens with zero attached hydrogens (tertiary/aromatic N) is 1. The van der Waals surface area contributed by atoms with Crippen LogP contribution >= 0.6 is 0 Å². The summed E-state index contributed by atoms with van der Waals surface area (Å²) in [5.41, 5.74) is 9.86. The van der Waals surface area contributed by atoms with Crippen molar-refractivity contribution < 1.29 is 9.26 Å². The van der Waals surface area contributed by atoms with Gasteiger partial charge in [-0.25, -0.2) is 0 Å². The van der Waals surface area contributed by atoms with Gasteiger partial charge < -0.3 is 15.0 Å². The highest BCUT2D eigenvalue weighted by Gasteiger charge is 2.21. The first-order valence-corrected chi connectivity index (χ1v) is 6.89. The summed E-state index contributed by atoms with van der Waals surface area (Å²) >= 11 is 0. The Morgan fingerprint density at radius 2 is 1.85 bits per heavy atom. The van der Waals surface area contributed by atoms with Gasteiger partial charge in [-0.05, 0) is 29.5 Å². The van der Waals surface area contributed by atoms with Crippen LogP contribution in [0.25, 0.3) is 11.1 Å². The predicted molar refractivity (Wildman–Crippen MR) is 81.1 cm³/mol. The number of hydrogen-bond donors (Lipinski definition) is 1. The molecule has 2 N–H and O–H groups in total. The molecule has 4 nitrogen and oxygen atoms in total. The first-order valence-electron chi connectivity index (χ1n) is 6.89. The topological polar surface area (TPSA) is 61.3 Å². The van der Waals surface area contributed by atoms with Gasteiger partial charge in [0.15, 0.2) is 0 Å². The van der Waals surface area contributed by atoms with Gasteiger partial charge in [-0.2, -0.15) is 0 Å². The van der Waals surface area contributed by atoms with E-state index in [9.17, 15) is 0 Å². The fourth-order valence-corrected chi connectivity index (χ4v) is 2.26. The summed E-state index contributed by atoms with van der Waals surface area (Å²) in [6.07, 6.45) is 0. The summed E-state index contributed by atoms with van der Waals surface area (Å²) in [6.45, 7) is 8.46. The van der Waals surface area contributed by atoms with Gasteiger partial charge in [-0.1, -0.05) is 38.9 Å². The second-order valence-corrected chi connectivity index (χ2v) is 5.58. The van der Waals surface area contributed by atoms with E-state index < -0.39 is 0 Å². The molecule has 0 saturated heterocycles. The van der Waals surface area contributed by atoms with Gasteiger partial charge in [-0.15, -0.1) is 0 Å². The first-order chi connectivity index (χ1) is 9.45. The van der Waals surface area contributed by atoms with E-state index in [-0.39, 0.29) is 5.92 Å². The number of nitrogens with two attached hydrogens (primary N) is 1. The second-order valence-electron chi connectivity index (χ2n) is 5.58. The molecule has 0 aliphatic carbocycles. The Morgan fingerprint density at radius 3 is 2.40 bits per heavy atom. The zero-order chi connectivity index (χ0) is 14.9. The quantitative estimate of drug-likeness (QED) is 0.908. The second kappa shape index (κ2) is 5.57. The van der Waals surface area contributed by atoms with Gasteiger partial charge in [0.25, 0.3) is 0 Å². The van der Waals surface area contributed by atoms with Crippen molar-refractivity contribution >= 4 is 5.88 Å². The third-order valence-electron chi connectivity index (χ3n) is 3.45. The molecule has 20 heavy (non-hydrogen) atoms. The number of aromatic nitrogens is 1. The monoisotopic (exact) mass is 274 g/mol. The number of hydrogen-bond acceptors (Lipinski definition) is 4. The van der Waals surface area contributed by atoms with Crippen LogP contribution in [0.1, 0.15) is 50.8 Å². The van der Waals surface area contributed by atoms with Gasteiger partial charge in [0.1, 0.15) is 5.75 Å². The lowest BCUT2D eigenvalue weighted by molar-refractivity contribution is 0.416. The number of ether oxygens (including phenoxy) is 1. The summed E-state index contributed by atoms with van der Waals surface area (Å²) in [6, 6.07) is 6.16. The molecule has 108 valence electrons. The maximum absolute atomic E-state index is 5.98. The van der Waals surface area contributed by atoms with Gasteiger partial charge in [0.2, 0.25) is 5.88 Å². The van der Waals surface area contributed by atoms with Crippen LogP contribution in [0.4, 0.5) is 5.88 Å². The Bertz CT molecular complexity index is 601. The van der Waals surface area contributed by atoms with Crippen molar-refractivity contribution in [2.24, 2.45) is 0 Å². The van der Waals surface area contributed by atoms with E-state index in [4.69, 9.17) is 15.0 Å². The van der Waals surface area contributed by atoms with E-state index >= 15 is 0 Å². The summed E-state index contributed by atoms with van der Waals surface area (Å²) in [4.78, 5) is 0. The lowest BCUT2D eigenvalue weighted by atomic mass is 9.94. The van der Waals surface area contributed by atoms with Crippen molar-refractivity contribution in [3.8, 4) is 16.9 Å². The average molecular weight is 274 g/mol. The van der Waals surface area contributed by atoms with Crippen molar-refractivity contribution in [2.75, 3.05) is 12.8 Å². The van der Waals surface area contributed by atoms with E-state index in [1.165, 1.54) is 5.56 Å². The molecule has 2 rings (SSSR count). The molecule has 0 saturated carbocycles. The predicted octanol–water partition coefficient (Wildman–Crippen LogP) is 4.18. The molecule has 0 atom stereocenters. The van der Waals surface area contributed by atoms with Crippen molar-refractivity contribution in [3.63, 3.8) is 0 Å². The van der Waals surface area contributed by atoms with E-state index in [0.29, 0.717) is 11.8 Å². The fraction of sp³-hybridized carbons (Fsp3) is 0.438. The maximum Gasteiger partial charge on any atom is 0.230 e. The van der Waals surface area contributed by atoms with E-state index in [2.05, 4.69) is 45.0 Å². The Morgan fingerprint density at radius 1 is 1.15 bits per heavy atom. The molecule has 0 aliphatic rings. The van der Waals surface area contributed by atoms with Crippen LogP contribution in [0.15, 0.2) is 22.7 Å². The Kier molecular flexibility index (Phi) is 4.02. The van der Waals surface area contributed by atoms with E-state index in [0.717, 1.165) is 22.6 Å². The molecular formula is C16H22N2O2. The third kappa shape index (κ3) is 2.50. The first kappa shape index (κ1) is 14.4. The van der Waals surface area contributed by atoms with Gasteiger partial charge >= 0.3 is 0 Å². The molecule has 0 aliphatic heterocycles. The zero-order valence-corrected chi connectivity index (χ0v) is 12.7. The average Bonchev–Trinajstić information content (AvgIpc) is 2.79. The normalized spacial score (nSPS) is 11.3. The molecule has 1 aromatic carbocycles. The molecule has 0 unspecified atom stereocenters. The van der Waals surface area contributed by atoms with Gasteiger partial charge in [0, 0.05) is 5.56 Å². The number of anilines is 1. The minimum absolute atomic E-state index is 0.235. The molecule has 1 heterocycles. The van der Waals surface area contributed by atoms with E-state index in [1.807, 2.05) is 6.07 Å². The van der Waals surface area contributed by atoms with Crippen LogP contribution in [0, 0.1) is 0 Å². The Hall–Kier alpha value is -1.97. The fourth-order valence-electron chi connectivity index (χ4n) is 2.26. The SMILES string of the molecule is COc1ccc(C(C)C)cc1-c1c(C(C)C)noc1N. The van der Waals surface area contributed by atoms with Crippen LogP contribution in [-0.4, -0.2) is 12.3 Å². The summed E-state index contributed by atoms with van der Waals surface area (Å²) in [7, 11) is 1.66. The minimum atomic E-state index is 0.235.